The highest BCUT2D eigenvalue weighted by Crippen LogP contribution is 2.28. The Morgan fingerprint density at radius 2 is 1.80 bits per heavy atom. The van der Waals surface area contributed by atoms with Gasteiger partial charge in [0.1, 0.15) is 11.4 Å². The summed E-state index contributed by atoms with van der Waals surface area (Å²) in [5.74, 6) is 0.873. The Balaban J connectivity index is 2.09. The lowest BCUT2D eigenvalue weighted by Crippen LogP contribution is -2.29. The van der Waals surface area contributed by atoms with Gasteiger partial charge in [-0.15, -0.1) is 0 Å². The first-order chi connectivity index (χ1) is 9.54. The maximum atomic E-state index is 6.05. The summed E-state index contributed by atoms with van der Waals surface area (Å²) >= 11 is 0. The molecule has 0 aliphatic carbocycles. The number of hydrogen-bond donors (Lipinski definition) is 0. The highest BCUT2D eigenvalue weighted by atomic mass is 28.4. The molecule has 0 saturated heterocycles. The predicted molar refractivity (Wildman–Crippen MR) is 86.5 cm³/mol. The molecule has 3 nitrogen and oxygen atoms in total. The number of aliphatic imine (C=N–C) groups is 1. The largest absolute Gasteiger partial charge is 0.543 e. The van der Waals surface area contributed by atoms with Crippen LogP contribution in [0.15, 0.2) is 53.8 Å². The van der Waals surface area contributed by atoms with E-state index in [1.54, 1.807) is 12.4 Å². The smallest absolute Gasteiger partial charge is 0.242 e. The Morgan fingerprint density at radius 3 is 2.50 bits per heavy atom. The zero-order valence-electron chi connectivity index (χ0n) is 12.2. The van der Waals surface area contributed by atoms with Crippen LogP contribution in [0.2, 0.25) is 19.6 Å². The lowest BCUT2D eigenvalue weighted by molar-refractivity contribution is 0.559. The van der Waals surface area contributed by atoms with Crippen molar-refractivity contribution in [2.24, 2.45) is 4.99 Å². The van der Waals surface area contributed by atoms with Gasteiger partial charge in [0.05, 0.1) is 0 Å². The molecule has 2 rings (SSSR count). The number of para-hydroxylation sites is 2. The van der Waals surface area contributed by atoms with Crippen molar-refractivity contribution in [2.75, 3.05) is 0 Å². The third kappa shape index (κ3) is 4.62. The highest BCUT2D eigenvalue weighted by molar-refractivity contribution is 6.70. The van der Waals surface area contributed by atoms with Gasteiger partial charge in [-0.05, 0) is 49.5 Å². The summed E-state index contributed by atoms with van der Waals surface area (Å²) in [6.07, 6.45) is 6.31. The van der Waals surface area contributed by atoms with Crippen LogP contribution in [0.3, 0.4) is 0 Å². The average Bonchev–Trinajstić information content (AvgIpc) is 2.40. The lowest BCUT2D eigenvalue weighted by atomic mass is 10.2. The van der Waals surface area contributed by atoms with Gasteiger partial charge in [-0.2, -0.15) is 0 Å². The lowest BCUT2D eigenvalue weighted by Gasteiger charge is -2.20. The monoisotopic (exact) mass is 284 g/mol. The quantitative estimate of drug-likeness (QED) is 0.608. The molecule has 0 bridgehead atoms. The van der Waals surface area contributed by atoms with E-state index >= 15 is 0 Å². The van der Waals surface area contributed by atoms with Gasteiger partial charge < -0.3 is 4.43 Å². The Kier molecular flexibility index (Phi) is 4.68. The zero-order valence-corrected chi connectivity index (χ0v) is 13.2. The molecule has 0 spiro atoms. The van der Waals surface area contributed by atoms with Gasteiger partial charge in [-0.3, -0.25) is 9.98 Å². The number of hydrogen-bond acceptors (Lipinski definition) is 3. The van der Waals surface area contributed by atoms with E-state index in [1.165, 1.54) is 5.56 Å². The molecule has 0 atom stereocenters. The van der Waals surface area contributed by atoms with Gasteiger partial charge in [0.15, 0.2) is 0 Å². The Bertz CT molecular complexity index is 577. The molecular formula is C16H20N2OSi. The highest BCUT2D eigenvalue weighted by Gasteiger charge is 2.17. The first-order valence-corrected chi connectivity index (χ1v) is 10.1. The molecule has 20 heavy (non-hydrogen) atoms. The minimum atomic E-state index is -1.61. The summed E-state index contributed by atoms with van der Waals surface area (Å²) in [7, 11) is -1.61. The fraction of sp³-hybridized carbons (Fsp3) is 0.250. The molecule has 0 aliphatic rings. The van der Waals surface area contributed by atoms with E-state index in [4.69, 9.17) is 4.43 Å². The molecule has 0 N–H and O–H groups in total. The summed E-state index contributed by atoms with van der Waals surface area (Å²) in [6, 6.07) is 11.9. The van der Waals surface area contributed by atoms with Crippen molar-refractivity contribution in [1.82, 2.24) is 4.98 Å². The second kappa shape index (κ2) is 6.48. The molecular weight excluding hydrogens is 264 g/mol. The number of pyridine rings is 1. The van der Waals surface area contributed by atoms with Crippen molar-refractivity contribution in [3.05, 3.63) is 54.4 Å². The molecule has 2 aromatic rings. The molecule has 0 radical (unpaired) electrons. The maximum absolute atomic E-state index is 6.05. The van der Waals surface area contributed by atoms with E-state index < -0.39 is 8.32 Å². The predicted octanol–water partition coefficient (Wildman–Crippen LogP) is 4.24. The van der Waals surface area contributed by atoms with Gasteiger partial charge in [-0.1, -0.05) is 12.1 Å². The van der Waals surface area contributed by atoms with E-state index in [0.29, 0.717) is 0 Å². The van der Waals surface area contributed by atoms with Crippen molar-refractivity contribution in [1.29, 1.82) is 0 Å². The molecule has 1 heterocycles. The number of benzene rings is 1. The number of rotatable bonds is 5. The van der Waals surface area contributed by atoms with Crippen LogP contribution in [-0.4, -0.2) is 19.5 Å². The zero-order chi connectivity index (χ0) is 14.4. The maximum Gasteiger partial charge on any atom is 0.242 e. The first-order valence-electron chi connectivity index (χ1n) is 6.74. The second-order valence-electron chi connectivity index (χ2n) is 5.55. The van der Waals surface area contributed by atoms with Crippen LogP contribution in [0.4, 0.5) is 5.69 Å². The molecule has 0 saturated carbocycles. The first kappa shape index (κ1) is 14.5. The summed E-state index contributed by atoms with van der Waals surface area (Å²) in [4.78, 5) is 8.54. The van der Waals surface area contributed by atoms with Crippen LogP contribution in [0.5, 0.6) is 5.75 Å². The minimum absolute atomic E-state index is 0.795. The summed E-state index contributed by atoms with van der Waals surface area (Å²) in [5.41, 5.74) is 2.09. The Morgan fingerprint density at radius 1 is 1.10 bits per heavy atom. The summed E-state index contributed by atoms with van der Waals surface area (Å²) in [5, 5.41) is 0. The van der Waals surface area contributed by atoms with Crippen molar-refractivity contribution < 1.29 is 4.43 Å². The van der Waals surface area contributed by atoms with Gasteiger partial charge in [0.25, 0.3) is 0 Å². The minimum Gasteiger partial charge on any atom is -0.543 e. The topological polar surface area (TPSA) is 34.5 Å². The normalized spacial score (nSPS) is 11.8. The van der Waals surface area contributed by atoms with Crippen molar-refractivity contribution >= 4 is 20.2 Å². The second-order valence-corrected chi connectivity index (χ2v) is 9.98. The van der Waals surface area contributed by atoms with Gasteiger partial charge in [0.2, 0.25) is 8.32 Å². The van der Waals surface area contributed by atoms with Crippen LogP contribution in [0.25, 0.3) is 0 Å². The Hall–Kier alpha value is -1.94. The van der Waals surface area contributed by atoms with E-state index in [9.17, 15) is 0 Å². The third-order valence-electron chi connectivity index (χ3n) is 2.59. The third-order valence-corrected chi connectivity index (χ3v) is 3.42. The van der Waals surface area contributed by atoms with Gasteiger partial charge in [0, 0.05) is 25.0 Å². The summed E-state index contributed by atoms with van der Waals surface area (Å²) in [6.45, 7) is 6.51. The van der Waals surface area contributed by atoms with Gasteiger partial charge >= 0.3 is 0 Å². The average molecular weight is 284 g/mol. The van der Waals surface area contributed by atoms with Crippen LogP contribution < -0.4 is 4.43 Å². The fourth-order valence-corrected chi connectivity index (χ4v) is 2.58. The van der Waals surface area contributed by atoms with E-state index in [2.05, 4.69) is 29.6 Å². The van der Waals surface area contributed by atoms with Crippen molar-refractivity contribution in [3.63, 3.8) is 0 Å². The van der Waals surface area contributed by atoms with Crippen molar-refractivity contribution in [2.45, 2.75) is 26.1 Å². The molecule has 0 unspecified atom stereocenters. The molecule has 1 aromatic carbocycles. The standard InChI is InChI=1S/C16H20N2OSi/c1-20(2,3)19-16-7-5-4-6-15(16)18-13-10-14-8-11-17-12-9-14/h4-9,11-13H,10H2,1-3H3. The van der Waals surface area contributed by atoms with Crippen LogP contribution >= 0.6 is 0 Å². The van der Waals surface area contributed by atoms with E-state index in [1.807, 2.05) is 42.6 Å². The molecule has 104 valence electrons. The number of nitrogens with zero attached hydrogens (tertiary/aromatic N) is 2. The SMILES string of the molecule is C[Si](C)(C)Oc1ccccc1N=CCc1ccncc1. The summed E-state index contributed by atoms with van der Waals surface area (Å²) < 4.78 is 6.05. The van der Waals surface area contributed by atoms with E-state index in [0.717, 1.165) is 17.9 Å². The molecule has 1 aromatic heterocycles. The molecule has 0 amide bonds. The molecule has 0 fully saturated rings. The molecule has 0 aliphatic heterocycles. The Labute approximate surface area is 121 Å². The fourth-order valence-electron chi connectivity index (χ4n) is 1.75. The number of aromatic nitrogens is 1. The molecule has 4 heteroatoms. The van der Waals surface area contributed by atoms with Crippen LogP contribution in [0.1, 0.15) is 5.56 Å². The van der Waals surface area contributed by atoms with E-state index in [-0.39, 0.29) is 0 Å². The van der Waals surface area contributed by atoms with Gasteiger partial charge in [-0.25, -0.2) is 0 Å². The van der Waals surface area contributed by atoms with Crippen LogP contribution in [0, 0.1) is 0 Å². The van der Waals surface area contributed by atoms with Crippen LogP contribution in [-0.2, 0) is 6.42 Å². The van der Waals surface area contributed by atoms with Crippen molar-refractivity contribution in [3.8, 4) is 5.75 Å².